The summed E-state index contributed by atoms with van der Waals surface area (Å²) in [6, 6.07) is 0. The highest BCUT2D eigenvalue weighted by Gasteiger charge is 2.14. The minimum Gasteiger partial charge on any atom is -0.385 e. The molecule has 2 nitrogen and oxygen atoms in total. The second-order valence-corrected chi connectivity index (χ2v) is 4.53. The molecule has 0 amide bonds. The second kappa shape index (κ2) is 6.39. The predicted octanol–water partition coefficient (Wildman–Crippen LogP) is 3.01. The van der Waals surface area contributed by atoms with Gasteiger partial charge in [0.25, 0.3) is 0 Å². The summed E-state index contributed by atoms with van der Waals surface area (Å²) in [4.78, 5) is 0. The molecule has 0 spiro atoms. The minimum atomic E-state index is -0.0132. The molecule has 0 aromatic heterocycles. The fourth-order valence-electron chi connectivity index (χ4n) is 1.34. The van der Waals surface area contributed by atoms with Gasteiger partial charge in [0.2, 0.25) is 0 Å². The van der Waals surface area contributed by atoms with Gasteiger partial charge in [0.05, 0.1) is 11.7 Å². The van der Waals surface area contributed by atoms with Crippen molar-refractivity contribution in [1.82, 2.24) is 0 Å². The van der Waals surface area contributed by atoms with Crippen molar-refractivity contribution >= 4 is 0 Å². The summed E-state index contributed by atoms with van der Waals surface area (Å²) in [5.74, 6) is 0. The van der Waals surface area contributed by atoms with Crippen molar-refractivity contribution in [2.45, 2.75) is 58.7 Å². The lowest BCUT2D eigenvalue weighted by molar-refractivity contribution is -0.0552. The normalized spacial score (nSPS) is 14.5. The van der Waals surface area contributed by atoms with Crippen LogP contribution in [0.4, 0.5) is 0 Å². The van der Waals surface area contributed by atoms with Crippen LogP contribution in [0, 0.1) is 0 Å². The van der Waals surface area contributed by atoms with Crippen molar-refractivity contribution in [3.05, 3.63) is 0 Å². The third kappa shape index (κ3) is 9.84. The van der Waals surface area contributed by atoms with E-state index in [-0.39, 0.29) is 5.60 Å². The first-order chi connectivity index (χ1) is 5.95. The summed E-state index contributed by atoms with van der Waals surface area (Å²) in [5, 5.41) is 0. The van der Waals surface area contributed by atoms with Gasteiger partial charge in [-0.05, 0) is 47.0 Å². The Balaban J connectivity index is 3.35. The molecule has 0 aliphatic rings. The molecule has 0 aromatic carbocycles. The molecule has 0 saturated heterocycles. The largest absolute Gasteiger partial charge is 0.385 e. The molecule has 80 valence electrons. The van der Waals surface area contributed by atoms with Gasteiger partial charge in [-0.3, -0.25) is 0 Å². The van der Waals surface area contributed by atoms with Gasteiger partial charge in [-0.25, -0.2) is 0 Å². The Morgan fingerprint density at radius 2 is 1.77 bits per heavy atom. The van der Waals surface area contributed by atoms with Gasteiger partial charge in [-0.15, -0.1) is 0 Å². The number of hydrogen-bond donors (Lipinski definition) is 0. The maximum atomic E-state index is 5.78. The van der Waals surface area contributed by atoms with Gasteiger partial charge in [-0.1, -0.05) is 0 Å². The van der Waals surface area contributed by atoms with Crippen LogP contribution in [-0.2, 0) is 9.47 Å². The number of methoxy groups -OCH3 is 1. The molecule has 0 aliphatic carbocycles. The Morgan fingerprint density at radius 1 is 1.15 bits per heavy atom. The third-order valence-corrected chi connectivity index (χ3v) is 1.76. The molecule has 2 heteroatoms. The highest BCUT2D eigenvalue weighted by atomic mass is 16.5. The SMILES string of the molecule is COCCCCC(C)OC(C)(C)C. The van der Waals surface area contributed by atoms with E-state index in [1.54, 1.807) is 7.11 Å². The summed E-state index contributed by atoms with van der Waals surface area (Å²) < 4.78 is 10.8. The van der Waals surface area contributed by atoms with E-state index in [1.807, 2.05) is 0 Å². The second-order valence-electron chi connectivity index (χ2n) is 4.53. The molecule has 0 N–H and O–H groups in total. The van der Waals surface area contributed by atoms with Crippen LogP contribution in [-0.4, -0.2) is 25.4 Å². The number of hydrogen-bond acceptors (Lipinski definition) is 2. The zero-order chi connectivity index (χ0) is 10.3. The van der Waals surface area contributed by atoms with E-state index in [2.05, 4.69) is 27.7 Å². The van der Waals surface area contributed by atoms with Gasteiger partial charge >= 0.3 is 0 Å². The van der Waals surface area contributed by atoms with Crippen molar-refractivity contribution in [3.63, 3.8) is 0 Å². The monoisotopic (exact) mass is 188 g/mol. The summed E-state index contributed by atoms with van der Waals surface area (Å²) in [7, 11) is 1.75. The molecular formula is C11H24O2. The van der Waals surface area contributed by atoms with Crippen LogP contribution in [0.5, 0.6) is 0 Å². The molecule has 0 rings (SSSR count). The first kappa shape index (κ1) is 12.9. The smallest absolute Gasteiger partial charge is 0.0602 e. The maximum Gasteiger partial charge on any atom is 0.0602 e. The van der Waals surface area contributed by atoms with E-state index < -0.39 is 0 Å². The van der Waals surface area contributed by atoms with Crippen molar-refractivity contribution in [2.75, 3.05) is 13.7 Å². The van der Waals surface area contributed by atoms with Gasteiger partial charge in [0.15, 0.2) is 0 Å². The van der Waals surface area contributed by atoms with Crippen LogP contribution < -0.4 is 0 Å². The van der Waals surface area contributed by atoms with E-state index in [9.17, 15) is 0 Å². The molecule has 0 heterocycles. The highest BCUT2D eigenvalue weighted by molar-refractivity contribution is 4.63. The van der Waals surface area contributed by atoms with Crippen LogP contribution in [0.15, 0.2) is 0 Å². The Labute approximate surface area is 82.6 Å². The molecule has 13 heavy (non-hydrogen) atoms. The quantitative estimate of drug-likeness (QED) is 0.597. The molecule has 0 fully saturated rings. The molecule has 1 atom stereocenters. The lowest BCUT2D eigenvalue weighted by Crippen LogP contribution is -2.25. The number of ether oxygens (including phenoxy) is 2. The summed E-state index contributed by atoms with van der Waals surface area (Å²) in [6.07, 6.45) is 3.80. The molecule has 1 unspecified atom stereocenters. The summed E-state index contributed by atoms with van der Waals surface area (Å²) >= 11 is 0. The minimum absolute atomic E-state index is 0.0132. The summed E-state index contributed by atoms with van der Waals surface area (Å²) in [6.45, 7) is 9.29. The number of rotatable bonds is 6. The van der Waals surface area contributed by atoms with Crippen molar-refractivity contribution < 1.29 is 9.47 Å². The average molecular weight is 188 g/mol. The van der Waals surface area contributed by atoms with E-state index in [0.717, 1.165) is 19.4 Å². The zero-order valence-corrected chi connectivity index (χ0v) is 9.72. The zero-order valence-electron chi connectivity index (χ0n) is 9.72. The van der Waals surface area contributed by atoms with Crippen LogP contribution in [0.25, 0.3) is 0 Å². The molecular weight excluding hydrogens is 164 g/mol. The Morgan fingerprint density at radius 3 is 2.23 bits per heavy atom. The van der Waals surface area contributed by atoms with Gasteiger partial charge in [0.1, 0.15) is 0 Å². The topological polar surface area (TPSA) is 18.5 Å². The van der Waals surface area contributed by atoms with E-state index in [4.69, 9.17) is 9.47 Å². The summed E-state index contributed by atoms with van der Waals surface area (Å²) in [5.41, 5.74) is -0.0132. The lowest BCUT2D eigenvalue weighted by atomic mass is 10.1. The van der Waals surface area contributed by atoms with Crippen LogP contribution >= 0.6 is 0 Å². The third-order valence-electron chi connectivity index (χ3n) is 1.76. The van der Waals surface area contributed by atoms with E-state index in [1.165, 1.54) is 6.42 Å². The molecule has 0 aliphatic heterocycles. The Bertz CT molecular complexity index is 116. The Hall–Kier alpha value is -0.0800. The number of unbranched alkanes of at least 4 members (excludes halogenated alkanes) is 1. The van der Waals surface area contributed by atoms with Crippen molar-refractivity contribution in [1.29, 1.82) is 0 Å². The first-order valence-corrected chi connectivity index (χ1v) is 5.12. The standard InChI is InChI=1S/C11H24O2/c1-10(13-11(2,3)4)8-6-7-9-12-5/h10H,6-9H2,1-5H3. The Kier molecular flexibility index (Phi) is 6.35. The average Bonchev–Trinajstić information content (AvgIpc) is 1.94. The highest BCUT2D eigenvalue weighted by Crippen LogP contribution is 2.14. The lowest BCUT2D eigenvalue weighted by Gasteiger charge is -2.25. The van der Waals surface area contributed by atoms with Gasteiger partial charge < -0.3 is 9.47 Å². The molecule has 0 bridgehead atoms. The fraction of sp³-hybridized carbons (Fsp3) is 1.00. The van der Waals surface area contributed by atoms with Crippen molar-refractivity contribution in [2.24, 2.45) is 0 Å². The van der Waals surface area contributed by atoms with Crippen molar-refractivity contribution in [3.8, 4) is 0 Å². The van der Waals surface area contributed by atoms with E-state index in [0.29, 0.717) is 6.10 Å². The van der Waals surface area contributed by atoms with Gasteiger partial charge in [-0.2, -0.15) is 0 Å². The van der Waals surface area contributed by atoms with E-state index >= 15 is 0 Å². The van der Waals surface area contributed by atoms with Gasteiger partial charge in [0, 0.05) is 13.7 Å². The first-order valence-electron chi connectivity index (χ1n) is 5.12. The maximum absolute atomic E-state index is 5.78. The van der Waals surface area contributed by atoms with Crippen LogP contribution in [0.3, 0.4) is 0 Å². The predicted molar refractivity (Wildman–Crippen MR) is 56.0 cm³/mol. The molecule has 0 radical (unpaired) electrons. The fourth-order valence-corrected chi connectivity index (χ4v) is 1.34. The van der Waals surface area contributed by atoms with Crippen LogP contribution in [0.2, 0.25) is 0 Å². The molecule has 0 saturated carbocycles. The molecule has 0 aromatic rings. The van der Waals surface area contributed by atoms with Crippen LogP contribution in [0.1, 0.15) is 47.0 Å².